The van der Waals surface area contributed by atoms with Crippen LogP contribution in [0.4, 0.5) is 0 Å². The van der Waals surface area contributed by atoms with Crippen molar-refractivity contribution in [1.82, 2.24) is 19.8 Å². The summed E-state index contributed by atoms with van der Waals surface area (Å²) in [5.41, 5.74) is 4.05. The highest BCUT2D eigenvalue weighted by atomic mass is 16.5. The Hall–Kier alpha value is -2.70. The number of carbonyl (C=O) groups excluding carboxylic acids is 1. The molecule has 1 amide bonds. The Morgan fingerprint density at radius 3 is 2.79 bits per heavy atom. The first-order chi connectivity index (χ1) is 13.6. The zero-order valence-corrected chi connectivity index (χ0v) is 16.4. The number of aryl methyl sites for hydroxylation is 2. The average Bonchev–Trinajstić information content (AvgIpc) is 3.07. The first-order valence-corrected chi connectivity index (χ1v) is 9.70. The lowest BCUT2D eigenvalue weighted by Gasteiger charge is -2.34. The maximum absolute atomic E-state index is 13.0. The molecule has 1 saturated heterocycles. The summed E-state index contributed by atoms with van der Waals surface area (Å²) in [4.78, 5) is 19.6. The molecule has 0 radical (unpaired) electrons. The van der Waals surface area contributed by atoms with Gasteiger partial charge < -0.3 is 14.6 Å². The van der Waals surface area contributed by atoms with E-state index in [1.807, 2.05) is 42.1 Å². The Morgan fingerprint density at radius 2 is 2.07 bits per heavy atom. The second-order valence-corrected chi connectivity index (χ2v) is 7.26. The zero-order valence-electron chi connectivity index (χ0n) is 16.4. The third kappa shape index (κ3) is 3.66. The fraction of sp³-hybridized carbons (Fsp3) is 0.364. The Bertz CT molecular complexity index is 961. The predicted octanol–water partition coefficient (Wildman–Crippen LogP) is 2.69. The molecule has 3 aromatic rings. The van der Waals surface area contributed by atoms with Gasteiger partial charge in [0.15, 0.2) is 0 Å². The minimum absolute atomic E-state index is 0.0553. The summed E-state index contributed by atoms with van der Waals surface area (Å²) >= 11 is 0. The van der Waals surface area contributed by atoms with E-state index in [1.54, 1.807) is 6.20 Å². The van der Waals surface area contributed by atoms with Gasteiger partial charge in [-0.3, -0.25) is 14.7 Å². The Labute approximate surface area is 165 Å². The number of nitrogens with one attached hydrogen (secondary N) is 1. The molecular formula is C22H26N4O2. The van der Waals surface area contributed by atoms with Crippen molar-refractivity contribution >= 4 is 16.8 Å². The highest BCUT2D eigenvalue weighted by molar-refractivity contribution is 5.99. The summed E-state index contributed by atoms with van der Waals surface area (Å²) in [5, 5.41) is 4.23. The highest BCUT2D eigenvalue weighted by Gasteiger charge is 2.24. The number of rotatable bonds is 5. The lowest BCUT2D eigenvalue weighted by Crippen LogP contribution is -2.44. The van der Waals surface area contributed by atoms with Crippen molar-refractivity contribution in [3.05, 3.63) is 65.6 Å². The lowest BCUT2D eigenvalue weighted by molar-refractivity contribution is 0.0161. The van der Waals surface area contributed by atoms with E-state index in [0.717, 1.165) is 29.6 Å². The molecule has 1 N–H and O–H groups in total. The van der Waals surface area contributed by atoms with Gasteiger partial charge in [0.25, 0.3) is 5.91 Å². The van der Waals surface area contributed by atoms with E-state index in [1.165, 1.54) is 5.56 Å². The van der Waals surface area contributed by atoms with Crippen LogP contribution in [0.25, 0.3) is 10.9 Å². The fourth-order valence-corrected chi connectivity index (χ4v) is 4.04. The molecule has 0 unspecified atom stereocenters. The maximum atomic E-state index is 13.0. The normalized spacial score (nSPS) is 16.2. The second kappa shape index (κ2) is 8.12. The number of morpholine rings is 1. The average molecular weight is 378 g/mol. The van der Waals surface area contributed by atoms with Gasteiger partial charge in [0.2, 0.25) is 0 Å². The number of carbonyl (C=O) groups is 1. The number of para-hydroxylation sites is 1. The molecule has 3 heterocycles. The van der Waals surface area contributed by atoms with Gasteiger partial charge >= 0.3 is 0 Å². The number of fused-ring (bicyclic) bond motifs is 1. The summed E-state index contributed by atoms with van der Waals surface area (Å²) < 4.78 is 7.47. The van der Waals surface area contributed by atoms with E-state index < -0.39 is 0 Å². The molecule has 28 heavy (non-hydrogen) atoms. The molecule has 1 fully saturated rings. The predicted molar refractivity (Wildman–Crippen MR) is 109 cm³/mol. The minimum Gasteiger partial charge on any atom is -0.379 e. The van der Waals surface area contributed by atoms with Gasteiger partial charge in [-0.1, -0.05) is 24.3 Å². The van der Waals surface area contributed by atoms with Crippen molar-refractivity contribution in [2.24, 2.45) is 7.05 Å². The summed E-state index contributed by atoms with van der Waals surface area (Å²) in [7, 11) is 1.95. The number of hydrogen-bond donors (Lipinski definition) is 1. The van der Waals surface area contributed by atoms with Crippen LogP contribution in [0.2, 0.25) is 0 Å². The third-order valence-corrected chi connectivity index (χ3v) is 5.50. The number of amides is 1. The van der Waals surface area contributed by atoms with E-state index in [4.69, 9.17) is 4.74 Å². The number of ether oxygens (including phenoxy) is 1. The van der Waals surface area contributed by atoms with E-state index in [9.17, 15) is 4.79 Å². The molecule has 4 rings (SSSR count). The first-order valence-electron chi connectivity index (χ1n) is 9.70. The maximum Gasteiger partial charge on any atom is 0.267 e. The van der Waals surface area contributed by atoms with Crippen LogP contribution in [0.15, 0.2) is 48.8 Å². The van der Waals surface area contributed by atoms with Gasteiger partial charge in [0.1, 0.15) is 5.69 Å². The smallest absolute Gasteiger partial charge is 0.267 e. The van der Waals surface area contributed by atoms with Crippen LogP contribution in [0.3, 0.4) is 0 Å². The van der Waals surface area contributed by atoms with Crippen molar-refractivity contribution in [3.8, 4) is 0 Å². The molecule has 0 bridgehead atoms. The van der Waals surface area contributed by atoms with Crippen molar-refractivity contribution in [1.29, 1.82) is 0 Å². The molecule has 2 aromatic heterocycles. The zero-order chi connectivity index (χ0) is 19.5. The van der Waals surface area contributed by atoms with Gasteiger partial charge in [0.05, 0.1) is 24.8 Å². The summed E-state index contributed by atoms with van der Waals surface area (Å²) in [5.74, 6) is -0.0553. The fourth-order valence-electron chi connectivity index (χ4n) is 4.04. The van der Waals surface area contributed by atoms with Crippen LogP contribution < -0.4 is 5.32 Å². The monoisotopic (exact) mass is 378 g/mol. The lowest BCUT2D eigenvalue weighted by atomic mass is 10.1. The second-order valence-electron chi connectivity index (χ2n) is 7.26. The highest BCUT2D eigenvalue weighted by Crippen LogP contribution is 2.23. The Morgan fingerprint density at radius 1 is 1.25 bits per heavy atom. The SMILES string of the molecule is Cc1cccc2cc(C(=O)NC[C@@H](c3cccnc3)N3CCOCC3)n(C)c12. The van der Waals surface area contributed by atoms with Crippen LogP contribution in [-0.2, 0) is 11.8 Å². The number of aromatic nitrogens is 2. The van der Waals surface area contributed by atoms with Crippen LogP contribution in [0, 0.1) is 6.92 Å². The van der Waals surface area contributed by atoms with E-state index in [2.05, 4.69) is 34.3 Å². The minimum atomic E-state index is -0.0553. The van der Waals surface area contributed by atoms with E-state index in [-0.39, 0.29) is 11.9 Å². The largest absolute Gasteiger partial charge is 0.379 e. The molecule has 146 valence electrons. The molecule has 1 aromatic carbocycles. The molecule has 0 saturated carbocycles. The molecule has 6 heteroatoms. The van der Waals surface area contributed by atoms with Gasteiger partial charge in [-0.15, -0.1) is 0 Å². The molecule has 6 nitrogen and oxygen atoms in total. The summed E-state index contributed by atoms with van der Waals surface area (Å²) in [6.45, 7) is 5.73. The van der Waals surface area contributed by atoms with Crippen molar-refractivity contribution in [2.45, 2.75) is 13.0 Å². The number of pyridine rings is 1. The Kier molecular flexibility index (Phi) is 5.41. The number of hydrogen-bond acceptors (Lipinski definition) is 4. The molecular weight excluding hydrogens is 352 g/mol. The molecule has 1 aliphatic rings. The van der Waals surface area contributed by atoms with Crippen LogP contribution in [0.5, 0.6) is 0 Å². The first kappa shape index (κ1) is 18.7. The quantitative estimate of drug-likeness (QED) is 0.742. The molecule has 0 aliphatic carbocycles. The van der Waals surface area contributed by atoms with Crippen molar-refractivity contribution < 1.29 is 9.53 Å². The molecule has 1 aliphatic heterocycles. The number of nitrogens with zero attached hydrogens (tertiary/aromatic N) is 3. The van der Waals surface area contributed by atoms with E-state index in [0.29, 0.717) is 25.5 Å². The summed E-state index contributed by atoms with van der Waals surface area (Å²) in [6.07, 6.45) is 3.66. The van der Waals surface area contributed by atoms with Gasteiger partial charge in [-0.25, -0.2) is 0 Å². The van der Waals surface area contributed by atoms with E-state index >= 15 is 0 Å². The number of benzene rings is 1. The van der Waals surface area contributed by atoms with Crippen molar-refractivity contribution in [3.63, 3.8) is 0 Å². The van der Waals surface area contributed by atoms with Crippen LogP contribution >= 0.6 is 0 Å². The standard InChI is InChI=1S/C22H26N4O2/c1-16-5-3-6-17-13-19(25(2)21(16)17)22(27)24-15-20(18-7-4-8-23-14-18)26-9-11-28-12-10-26/h3-8,13-14,20H,9-12,15H2,1-2H3,(H,24,27)/t20-/m0/s1. The van der Waals surface area contributed by atoms with Gasteiger partial charge in [0, 0.05) is 44.5 Å². The summed E-state index contributed by atoms with van der Waals surface area (Å²) in [6, 6.07) is 12.2. The third-order valence-electron chi connectivity index (χ3n) is 5.50. The van der Waals surface area contributed by atoms with Crippen molar-refractivity contribution in [2.75, 3.05) is 32.8 Å². The molecule has 1 atom stereocenters. The van der Waals surface area contributed by atoms with Crippen LogP contribution in [0.1, 0.15) is 27.7 Å². The van der Waals surface area contributed by atoms with Crippen LogP contribution in [-0.4, -0.2) is 53.2 Å². The Balaban J connectivity index is 1.54. The molecule has 0 spiro atoms. The topological polar surface area (TPSA) is 59.4 Å². The van der Waals surface area contributed by atoms with Gasteiger partial charge in [-0.2, -0.15) is 0 Å². The van der Waals surface area contributed by atoms with Gasteiger partial charge in [-0.05, 0) is 30.2 Å².